The third kappa shape index (κ3) is 3.50. The molecule has 1 aromatic rings. The molecule has 0 amide bonds. The van der Waals surface area contributed by atoms with Gasteiger partial charge in [-0.2, -0.15) is 0 Å². The number of nitrogens with two attached hydrogens (primary N) is 1. The third-order valence-corrected chi connectivity index (χ3v) is 3.51. The monoisotopic (exact) mass is 313 g/mol. The Morgan fingerprint density at radius 3 is 2.28 bits per heavy atom. The first kappa shape index (κ1) is 15.1. The minimum absolute atomic E-state index is 0.426. The molecule has 0 aliphatic carbocycles. The fraction of sp³-hybridized carbons (Fsp3) is 0.429. The smallest absolute Gasteiger partial charge is 0.161 e. The quantitative estimate of drug-likeness (QED) is 0.905. The molecule has 0 saturated heterocycles. The summed E-state index contributed by atoms with van der Waals surface area (Å²) in [5.41, 5.74) is 8.00. The molecular weight excluding hydrogens is 294 g/mol. The highest BCUT2D eigenvalue weighted by atomic mass is 79.9. The highest BCUT2D eigenvalue weighted by Gasteiger charge is 2.09. The van der Waals surface area contributed by atoms with Crippen LogP contribution in [-0.2, 0) is 0 Å². The molecule has 0 atom stereocenters. The predicted molar refractivity (Wildman–Crippen MR) is 79.1 cm³/mol. The molecule has 18 heavy (non-hydrogen) atoms. The standard InChI is InChI=1S/C14H20BrNO2/c1-9(2)11(8-16)5-10-6-13(17-3)14(18-4)7-12(10)15/h5-7,9H,8,16H2,1-4H3. The Balaban J connectivity index is 3.25. The van der Waals surface area contributed by atoms with Gasteiger partial charge in [0.15, 0.2) is 11.5 Å². The summed E-state index contributed by atoms with van der Waals surface area (Å²) in [7, 11) is 3.25. The van der Waals surface area contributed by atoms with Gasteiger partial charge in [-0.3, -0.25) is 0 Å². The molecule has 0 heterocycles. The molecule has 0 radical (unpaired) electrons. The summed E-state index contributed by atoms with van der Waals surface area (Å²) in [4.78, 5) is 0. The zero-order chi connectivity index (χ0) is 13.7. The van der Waals surface area contributed by atoms with Crippen molar-refractivity contribution >= 4 is 22.0 Å². The predicted octanol–water partition coefficient (Wildman–Crippen LogP) is 3.46. The van der Waals surface area contributed by atoms with Crippen LogP contribution in [0.25, 0.3) is 6.08 Å². The molecule has 1 rings (SSSR count). The van der Waals surface area contributed by atoms with E-state index in [0.717, 1.165) is 10.0 Å². The van der Waals surface area contributed by atoms with E-state index >= 15 is 0 Å². The van der Waals surface area contributed by atoms with Crippen molar-refractivity contribution in [1.82, 2.24) is 0 Å². The van der Waals surface area contributed by atoms with E-state index in [1.165, 1.54) is 5.57 Å². The van der Waals surface area contributed by atoms with Crippen LogP contribution in [0.4, 0.5) is 0 Å². The Morgan fingerprint density at radius 2 is 1.83 bits per heavy atom. The summed E-state index contributed by atoms with van der Waals surface area (Å²) in [6.07, 6.45) is 2.09. The van der Waals surface area contributed by atoms with Gasteiger partial charge in [-0.15, -0.1) is 0 Å². The zero-order valence-corrected chi connectivity index (χ0v) is 12.9. The fourth-order valence-electron chi connectivity index (χ4n) is 1.64. The van der Waals surface area contributed by atoms with Gasteiger partial charge in [0.2, 0.25) is 0 Å². The molecule has 0 saturated carbocycles. The SMILES string of the molecule is COc1cc(Br)c(C=C(CN)C(C)C)cc1OC. The van der Waals surface area contributed by atoms with E-state index in [1.807, 2.05) is 12.1 Å². The van der Waals surface area contributed by atoms with E-state index in [-0.39, 0.29) is 0 Å². The molecule has 4 heteroatoms. The lowest BCUT2D eigenvalue weighted by Crippen LogP contribution is -2.08. The van der Waals surface area contributed by atoms with E-state index in [1.54, 1.807) is 14.2 Å². The Hall–Kier alpha value is -1.00. The zero-order valence-electron chi connectivity index (χ0n) is 11.3. The second kappa shape index (κ2) is 6.81. The molecule has 3 nitrogen and oxygen atoms in total. The summed E-state index contributed by atoms with van der Waals surface area (Å²) in [6.45, 7) is 4.82. The van der Waals surface area contributed by atoms with Crippen LogP contribution in [0.5, 0.6) is 11.5 Å². The summed E-state index contributed by atoms with van der Waals surface area (Å²) in [5, 5.41) is 0. The maximum atomic E-state index is 5.76. The van der Waals surface area contributed by atoms with Crippen molar-refractivity contribution in [3.05, 3.63) is 27.7 Å². The van der Waals surface area contributed by atoms with Gasteiger partial charge in [0.05, 0.1) is 14.2 Å². The Bertz CT molecular complexity index is 442. The Morgan fingerprint density at radius 1 is 1.28 bits per heavy atom. The first-order valence-electron chi connectivity index (χ1n) is 5.85. The molecule has 100 valence electrons. The second-order valence-electron chi connectivity index (χ2n) is 4.31. The van der Waals surface area contributed by atoms with Crippen molar-refractivity contribution in [3.63, 3.8) is 0 Å². The van der Waals surface area contributed by atoms with E-state index in [9.17, 15) is 0 Å². The third-order valence-electron chi connectivity index (χ3n) is 2.82. The lowest BCUT2D eigenvalue weighted by Gasteiger charge is -2.12. The number of benzene rings is 1. The van der Waals surface area contributed by atoms with Crippen LogP contribution in [0, 0.1) is 5.92 Å². The summed E-state index contributed by atoms with van der Waals surface area (Å²) < 4.78 is 11.5. The first-order valence-corrected chi connectivity index (χ1v) is 6.64. The molecule has 0 unspecified atom stereocenters. The van der Waals surface area contributed by atoms with Crippen molar-refractivity contribution in [2.24, 2.45) is 11.7 Å². The first-order chi connectivity index (χ1) is 8.53. The highest BCUT2D eigenvalue weighted by molar-refractivity contribution is 9.10. The van der Waals surface area contributed by atoms with Gasteiger partial charge in [-0.05, 0) is 23.6 Å². The van der Waals surface area contributed by atoms with Gasteiger partial charge >= 0.3 is 0 Å². The second-order valence-corrected chi connectivity index (χ2v) is 5.16. The van der Waals surface area contributed by atoms with E-state index in [4.69, 9.17) is 15.2 Å². The van der Waals surface area contributed by atoms with Crippen LogP contribution in [-0.4, -0.2) is 20.8 Å². The minimum atomic E-state index is 0.426. The van der Waals surface area contributed by atoms with Crippen molar-refractivity contribution in [2.75, 3.05) is 20.8 Å². The number of hydrogen-bond acceptors (Lipinski definition) is 3. The van der Waals surface area contributed by atoms with Crippen molar-refractivity contribution < 1.29 is 9.47 Å². The number of rotatable bonds is 5. The van der Waals surface area contributed by atoms with Crippen LogP contribution >= 0.6 is 15.9 Å². The summed E-state index contributed by atoms with van der Waals surface area (Å²) in [6, 6.07) is 3.85. The average Bonchev–Trinajstić information content (AvgIpc) is 2.36. The van der Waals surface area contributed by atoms with Crippen LogP contribution in [0.1, 0.15) is 19.4 Å². The molecule has 0 aliphatic heterocycles. The van der Waals surface area contributed by atoms with Crippen molar-refractivity contribution in [1.29, 1.82) is 0 Å². The Labute approximate surface area is 117 Å². The lowest BCUT2D eigenvalue weighted by molar-refractivity contribution is 0.354. The van der Waals surface area contributed by atoms with E-state index in [2.05, 4.69) is 35.9 Å². The van der Waals surface area contributed by atoms with Crippen LogP contribution in [0.3, 0.4) is 0 Å². The largest absolute Gasteiger partial charge is 0.493 e. The molecule has 0 aromatic heterocycles. The number of halogens is 1. The number of ether oxygens (including phenoxy) is 2. The normalized spacial score (nSPS) is 11.8. The van der Waals surface area contributed by atoms with E-state index < -0.39 is 0 Å². The Kier molecular flexibility index (Phi) is 5.69. The maximum absolute atomic E-state index is 5.76. The van der Waals surface area contributed by atoms with Crippen molar-refractivity contribution in [3.8, 4) is 11.5 Å². The maximum Gasteiger partial charge on any atom is 0.161 e. The molecule has 0 bridgehead atoms. The van der Waals surface area contributed by atoms with Crippen LogP contribution in [0.15, 0.2) is 22.2 Å². The van der Waals surface area contributed by atoms with Gasteiger partial charge in [0.1, 0.15) is 0 Å². The topological polar surface area (TPSA) is 44.5 Å². The molecule has 0 fully saturated rings. The van der Waals surface area contributed by atoms with Crippen molar-refractivity contribution in [2.45, 2.75) is 13.8 Å². The molecule has 2 N–H and O–H groups in total. The van der Waals surface area contributed by atoms with Gasteiger partial charge in [-0.25, -0.2) is 0 Å². The summed E-state index contributed by atoms with van der Waals surface area (Å²) >= 11 is 3.54. The van der Waals surface area contributed by atoms with Gasteiger partial charge in [0, 0.05) is 11.0 Å². The van der Waals surface area contributed by atoms with Crippen LogP contribution < -0.4 is 15.2 Å². The van der Waals surface area contributed by atoms with E-state index in [0.29, 0.717) is 24.0 Å². The minimum Gasteiger partial charge on any atom is -0.493 e. The fourth-order valence-corrected chi connectivity index (χ4v) is 2.08. The van der Waals surface area contributed by atoms with Gasteiger partial charge in [0.25, 0.3) is 0 Å². The highest BCUT2D eigenvalue weighted by Crippen LogP contribution is 2.34. The molecule has 0 spiro atoms. The summed E-state index contributed by atoms with van der Waals surface area (Å²) in [5.74, 6) is 1.85. The lowest BCUT2D eigenvalue weighted by atomic mass is 10.0. The van der Waals surface area contributed by atoms with Crippen LogP contribution in [0.2, 0.25) is 0 Å². The molecule has 1 aromatic carbocycles. The molecular formula is C14H20BrNO2. The van der Waals surface area contributed by atoms with Gasteiger partial charge in [-0.1, -0.05) is 41.4 Å². The number of methoxy groups -OCH3 is 2. The number of hydrogen-bond donors (Lipinski definition) is 1. The average molecular weight is 314 g/mol. The molecule has 0 aliphatic rings. The van der Waals surface area contributed by atoms with Gasteiger partial charge < -0.3 is 15.2 Å².